The van der Waals surface area contributed by atoms with Crippen LogP contribution in [0.2, 0.25) is 0 Å². The molecular weight excluding hydrogens is 510 g/mol. The number of nitrogens with one attached hydrogen (secondary N) is 5. The number of amides is 4. The fourth-order valence-electron chi connectivity index (χ4n) is 4.95. The maximum atomic E-state index is 12.9. The number of hydrogen-bond donors (Lipinski definition) is 5. The average Bonchev–Trinajstić information content (AvgIpc) is 3.66. The summed E-state index contributed by atoms with van der Waals surface area (Å²) >= 11 is 0. The largest absolute Gasteiger partial charge is 0.359 e. The Morgan fingerprint density at radius 3 is 2.55 bits per heavy atom. The fourth-order valence-corrected chi connectivity index (χ4v) is 4.95. The van der Waals surface area contributed by atoms with E-state index in [0.29, 0.717) is 40.6 Å². The Labute approximate surface area is 232 Å². The van der Waals surface area contributed by atoms with E-state index in [9.17, 15) is 14.4 Å². The molecule has 2 aliphatic rings. The molecule has 5 N–H and O–H groups in total. The summed E-state index contributed by atoms with van der Waals surface area (Å²) in [5, 5.41) is 15.2. The number of urea groups is 1. The Bertz CT molecular complexity index is 1500. The van der Waals surface area contributed by atoms with Gasteiger partial charge in [-0.1, -0.05) is 32.0 Å². The second-order valence-electron chi connectivity index (χ2n) is 11.4. The molecule has 0 saturated carbocycles. The number of fused-ring (bicyclic) bond motifs is 1. The van der Waals surface area contributed by atoms with Gasteiger partial charge in [0, 0.05) is 34.1 Å². The van der Waals surface area contributed by atoms with E-state index in [0.717, 1.165) is 48.6 Å². The Morgan fingerprint density at radius 1 is 1.10 bits per heavy atom. The lowest BCUT2D eigenvalue weighted by atomic mass is 9.93. The number of carbonyl (C=O) groups excluding carboxylic acids is 3. The third-order valence-corrected chi connectivity index (χ3v) is 7.15. The first-order valence-corrected chi connectivity index (χ1v) is 13.4. The van der Waals surface area contributed by atoms with E-state index >= 15 is 0 Å². The number of aromatic amines is 1. The molecule has 11 heteroatoms. The lowest BCUT2D eigenvalue weighted by Crippen LogP contribution is -2.31. The summed E-state index contributed by atoms with van der Waals surface area (Å²) in [4.78, 5) is 43.5. The molecule has 11 nitrogen and oxygen atoms in total. The van der Waals surface area contributed by atoms with Gasteiger partial charge in [-0.3, -0.25) is 19.8 Å². The van der Waals surface area contributed by atoms with Gasteiger partial charge in [0.1, 0.15) is 5.76 Å². The molecule has 0 radical (unpaired) electrons. The quantitative estimate of drug-likeness (QED) is 0.273. The number of anilines is 4. The van der Waals surface area contributed by atoms with Crippen molar-refractivity contribution in [1.82, 2.24) is 15.0 Å². The van der Waals surface area contributed by atoms with Crippen molar-refractivity contribution in [2.75, 3.05) is 40.9 Å². The minimum Gasteiger partial charge on any atom is -0.359 e. The van der Waals surface area contributed by atoms with Gasteiger partial charge in [0.25, 0.3) is 5.91 Å². The molecule has 0 bridgehead atoms. The summed E-state index contributed by atoms with van der Waals surface area (Å²) in [7, 11) is 0. The number of likely N-dealkylation sites (tertiary alicyclic amines) is 1. The Morgan fingerprint density at radius 2 is 1.85 bits per heavy atom. The van der Waals surface area contributed by atoms with Crippen LogP contribution in [0.5, 0.6) is 0 Å². The number of hydrogen-bond acceptors (Lipinski definition) is 6. The summed E-state index contributed by atoms with van der Waals surface area (Å²) in [5.41, 5.74) is 5.24. The SMILES string of the molecule is Cc1[nH]c(/C=C2\C(=O)Nc3cc(NC(=O)Nc4cc(C(C)(C)C)on4)ccc32)c(C)c1NC(=O)CN1CCCC1. The minimum atomic E-state index is -0.481. The van der Waals surface area contributed by atoms with Gasteiger partial charge in [-0.05, 0) is 63.6 Å². The van der Waals surface area contributed by atoms with E-state index in [1.165, 1.54) is 0 Å². The smallest absolute Gasteiger partial charge is 0.324 e. The van der Waals surface area contributed by atoms with Gasteiger partial charge in [0.05, 0.1) is 23.5 Å². The predicted octanol–water partition coefficient (Wildman–Crippen LogP) is 5.09. The molecule has 40 heavy (non-hydrogen) atoms. The van der Waals surface area contributed by atoms with Crippen molar-refractivity contribution in [2.24, 2.45) is 0 Å². The Kier molecular flexibility index (Phi) is 7.24. The van der Waals surface area contributed by atoms with Crippen LogP contribution in [-0.2, 0) is 15.0 Å². The zero-order valence-electron chi connectivity index (χ0n) is 23.4. The van der Waals surface area contributed by atoms with Crippen LogP contribution in [0.4, 0.5) is 27.7 Å². The van der Waals surface area contributed by atoms with Gasteiger partial charge in [-0.25, -0.2) is 4.79 Å². The van der Waals surface area contributed by atoms with Crippen molar-refractivity contribution in [3.63, 3.8) is 0 Å². The highest BCUT2D eigenvalue weighted by atomic mass is 16.5. The first-order chi connectivity index (χ1) is 19.0. The predicted molar refractivity (Wildman–Crippen MR) is 155 cm³/mol. The third kappa shape index (κ3) is 5.79. The molecule has 210 valence electrons. The van der Waals surface area contributed by atoms with Crippen molar-refractivity contribution in [1.29, 1.82) is 0 Å². The van der Waals surface area contributed by atoms with Crippen LogP contribution >= 0.6 is 0 Å². The van der Waals surface area contributed by atoms with Gasteiger partial charge < -0.3 is 25.5 Å². The van der Waals surface area contributed by atoms with Gasteiger partial charge in [-0.2, -0.15) is 0 Å². The van der Waals surface area contributed by atoms with E-state index < -0.39 is 6.03 Å². The molecule has 1 fully saturated rings. The first kappa shape index (κ1) is 27.2. The van der Waals surface area contributed by atoms with Gasteiger partial charge in [0.15, 0.2) is 5.82 Å². The van der Waals surface area contributed by atoms with Crippen LogP contribution in [0.3, 0.4) is 0 Å². The maximum Gasteiger partial charge on any atom is 0.324 e. The van der Waals surface area contributed by atoms with E-state index in [2.05, 4.69) is 36.3 Å². The first-order valence-electron chi connectivity index (χ1n) is 13.4. The number of rotatable bonds is 6. The van der Waals surface area contributed by atoms with Crippen LogP contribution in [0, 0.1) is 13.8 Å². The van der Waals surface area contributed by atoms with Crippen molar-refractivity contribution in [3.8, 4) is 0 Å². The van der Waals surface area contributed by atoms with Gasteiger partial charge in [-0.15, -0.1) is 0 Å². The molecule has 0 unspecified atom stereocenters. The van der Waals surface area contributed by atoms with E-state index in [1.807, 2.05) is 34.6 Å². The average molecular weight is 546 g/mol. The number of aryl methyl sites for hydroxylation is 1. The highest BCUT2D eigenvalue weighted by Crippen LogP contribution is 2.36. The second kappa shape index (κ2) is 10.6. The maximum absolute atomic E-state index is 12.9. The normalized spacial score (nSPS) is 16.2. The van der Waals surface area contributed by atoms with Crippen molar-refractivity contribution >= 4 is 52.4 Å². The van der Waals surface area contributed by atoms with Crippen molar-refractivity contribution in [2.45, 2.75) is 52.9 Å². The molecular formula is C29H35N7O4. The lowest BCUT2D eigenvalue weighted by molar-refractivity contribution is -0.117. The molecule has 5 rings (SSSR count). The van der Waals surface area contributed by atoms with Crippen LogP contribution < -0.4 is 21.3 Å². The second-order valence-corrected chi connectivity index (χ2v) is 11.4. The number of H-pyrrole nitrogens is 1. The zero-order chi connectivity index (χ0) is 28.6. The van der Waals surface area contributed by atoms with Gasteiger partial charge in [0.2, 0.25) is 5.91 Å². The summed E-state index contributed by atoms with van der Waals surface area (Å²) in [6.45, 7) is 12.1. The number of aromatic nitrogens is 2. The lowest BCUT2D eigenvalue weighted by Gasteiger charge is -2.14. The molecule has 2 aliphatic heterocycles. The molecule has 0 spiro atoms. The third-order valence-electron chi connectivity index (χ3n) is 7.15. The molecule has 3 aromatic rings. The van der Waals surface area contributed by atoms with E-state index in [1.54, 1.807) is 30.3 Å². The van der Waals surface area contributed by atoms with Crippen LogP contribution in [0.15, 0.2) is 28.8 Å². The summed E-state index contributed by atoms with van der Waals surface area (Å²) in [6.07, 6.45) is 4.04. The van der Waals surface area contributed by atoms with Crippen molar-refractivity contribution in [3.05, 3.63) is 52.5 Å². The van der Waals surface area contributed by atoms with E-state index in [4.69, 9.17) is 4.52 Å². The summed E-state index contributed by atoms with van der Waals surface area (Å²) < 4.78 is 5.30. The van der Waals surface area contributed by atoms with Crippen LogP contribution in [0.25, 0.3) is 11.6 Å². The highest BCUT2D eigenvalue weighted by Gasteiger charge is 2.26. The fraction of sp³-hybridized carbons (Fsp3) is 0.379. The Balaban J connectivity index is 1.28. The summed E-state index contributed by atoms with van der Waals surface area (Å²) in [5.74, 6) is 0.675. The topological polar surface area (TPSA) is 144 Å². The molecule has 0 aliphatic carbocycles. The number of benzene rings is 1. The molecule has 4 amide bonds. The molecule has 2 aromatic heterocycles. The molecule has 1 saturated heterocycles. The Hall–Kier alpha value is -4.38. The monoisotopic (exact) mass is 545 g/mol. The van der Waals surface area contributed by atoms with Crippen LogP contribution in [0.1, 0.15) is 61.9 Å². The summed E-state index contributed by atoms with van der Waals surface area (Å²) in [6, 6.07) is 6.42. The van der Waals surface area contributed by atoms with Crippen molar-refractivity contribution < 1.29 is 18.9 Å². The van der Waals surface area contributed by atoms with Gasteiger partial charge >= 0.3 is 6.03 Å². The minimum absolute atomic E-state index is 0.0440. The number of carbonyl (C=O) groups is 3. The zero-order valence-corrected chi connectivity index (χ0v) is 23.4. The molecule has 4 heterocycles. The highest BCUT2D eigenvalue weighted by molar-refractivity contribution is 6.35. The molecule has 0 atom stereocenters. The van der Waals surface area contributed by atoms with E-state index in [-0.39, 0.29) is 17.2 Å². The van der Waals surface area contributed by atoms with Crippen LogP contribution in [-0.4, -0.2) is 52.5 Å². The molecule has 1 aromatic carbocycles. The number of nitrogens with zero attached hydrogens (tertiary/aromatic N) is 2. The standard InChI is InChI=1S/C29H35N7O4/c1-16-21(30-17(2)26(16)34-25(37)15-36-10-6-7-11-36)13-20-19-9-8-18(12-22(19)32-27(20)38)31-28(39)33-24-14-23(40-35-24)29(3,4)5/h8-9,12-14,30H,6-7,10-11,15H2,1-5H3,(H,32,38)(H,34,37)(H2,31,33,35,39)/b20-13-.